The van der Waals surface area contributed by atoms with Crippen LogP contribution in [0, 0.1) is 17.8 Å². The molecule has 1 aromatic heterocycles. The van der Waals surface area contributed by atoms with Crippen LogP contribution in [0.3, 0.4) is 0 Å². The van der Waals surface area contributed by atoms with Crippen LogP contribution in [0.25, 0.3) is 0 Å². The summed E-state index contributed by atoms with van der Waals surface area (Å²) in [5, 5.41) is 16.1. The van der Waals surface area contributed by atoms with E-state index in [0.29, 0.717) is 24.5 Å². The van der Waals surface area contributed by atoms with Crippen LogP contribution in [0.5, 0.6) is 0 Å². The van der Waals surface area contributed by atoms with Crippen LogP contribution in [-0.2, 0) is 20.7 Å². The van der Waals surface area contributed by atoms with Gasteiger partial charge in [0.05, 0.1) is 18.6 Å². The van der Waals surface area contributed by atoms with E-state index in [4.69, 9.17) is 10.5 Å². The van der Waals surface area contributed by atoms with Crippen molar-refractivity contribution >= 4 is 29.1 Å². The highest BCUT2D eigenvalue weighted by molar-refractivity contribution is 7.09. The molecule has 0 fully saturated rings. The summed E-state index contributed by atoms with van der Waals surface area (Å²) in [6, 6.07) is 8.58. The number of thiazole rings is 1. The van der Waals surface area contributed by atoms with Crippen molar-refractivity contribution < 1.29 is 24.2 Å². The van der Waals surface area contributed by atoms with Gasteiger partial charge in [-0.15, -0.1) is 11.3 Å². The van der Waals surface area contributed by atoms with Gasteiger partial charge in [0, 0.05) is 30.9 Å². The standard InChI is InChI=1S/C31H48N4O5S/c1-8-20(5)27(32)30(38)35(7)25(19(3)4)17-26(36)29-34-24(18-41-29)28(37)33-23(15-21(6)31(39)40-9-2)16-22-13-11-10-12-14-22/h10-14,18-21,23,25-27,36H,8-9,15-17,32H2,1-7H3,(H,33,37)/t20-,21-,23+,25?,26+,27-/m0/s1. The molecule has 2 aromatic rings. The second kappa shape index (κ2) is 16.6. The minimum absolute atomic E-state index is 0.0497. The topological polar surface area (TPSA) is 135 Å². The molecule has 0 aliphatic carbocycles. The highest BCUT2D eigenvalue weighted by Crippen LogP contribution is 2.28. The van der Waals surface area contributed by atoms with Gasteiger partial charge in [-0.05, 0) is 37.2 Å². The number of hydrogen-bond acceptors (Lipinski definition) is 8. The first-order valence-electron chi connectivity index (χ1n) is 14.6. The van der Waals surface area contributed by atoms with Crippen LogP contribution < -0.4 is 11.1 Å². The summed E-state index contributed by atoms with van der Waals surface area (Å²) in [5.41, 5.74) is 7.45. The maximum atomic E-state index is 13.2. The number of nitrogens with two attached hydrogens (primary N) is 1. The predicted octanol–water partition coefficient (Wildman–Crippen LogP) is 4.35. The molecule has 10 heteroatoms. The molecule has 0 aliphatic rings. The smallest absolute Gasteiger partial charge is 0.308 e. The van der Waals surface area contributed by atoms with Crippen molar-refractivity contribution in [2.24, 2.45) is 23.5 Å². The van der Waals surface area contributed by atoms with Gasteiger partial charge in [-0.1, -0.05) is 71.4 Å². The largest absolute Gasteiger partial charge is 0.466 e. The number of ether oxygens (including phenoxy) is 1. The Morgan fingerprint density at radius 2 is 1.76 bits per heavy atom. The normalized spacial score (nSPS) is 15.9. The minimum Gasteiger partial charge on any atom is -0.466 e. The van der Waals surface area contributed by atoms with Crippen LogP contribution in [0.4, 0.5) is 0 Å². The van der Waals surface area contributed by atoms with Crippen molar-refractivity contribution in [2.75, 3.05) is 13.7 Å². The van der Waals surface area contributed by atoms with Crippen molar-refractivity contribution in [3.05, 3.63) is 52.0 Å². The Kier molecular flexibility index (Phi) is 13.9. The fourth-order valence-corrected chi connectivity index (χ4v) is 5.60. The van der Waals surface area contributed by atoms with Crippen LogP contribution in [0.2, 0.25) is 0 Å². The lowest BCUT2D eigenvalue weighted by Crippen LogP contribution is -2.51. The van der Waals surface area contributed by atoms with E-state index in [0.717, 1.165) is 12.0 Å². The predicted molar refractivity (Wildman–Crippen MR) is 162 cm³/mol. The number of amides is 2. The van der Waals surface area contributed by atoms with Crippen LogP contribution in [0.1, 0.15) is 88.0 Å². The van der Waals surface area contributed by atoms with Gasteiger partial charge in [0.15, 0.2) is 0 Å². The first-order valence-corrected chi connectivity index (χ1v) is 15.4. The Bertz CT molecular complexity index is 1110. The molecular weight excluding hydrogens is 540 g/mol. The molecule has 0 bridgehead atoms. The molecule has 228 valence electrons. The summed E-state index contributed by atoms with van der Waals surface area (Å²) in [4.78, 5) is 44.6. The number of nitrogens with zero attached hydrogens (tertiary/aromatic N) is 2. The zero-order valence-electron chi connectivity index (χ0n) is 25.5. The molecule has 9 nitrogen and oxygen atoms in total. The van der Waals surface area contributed by atoms with Gasteiger partial charge in [0.2, 0.25) is 5.91 Å². The maximum absolute atomic E-state index is 13.2. The molecule has 0 saturated carbocycles. The lowest BCUT2D eigenvalue weighted by Gasteiger charge is -2.35. The van der Waals surface area contributed by atoms with E-state index in [9.17, 15) is 19.5 Å². The van der Waals surface area contributed by atoms with Crippen LogP contribution >= 0.6 is 11.3 Å². The lowest BCUT2D eigenvalue weighted by atomic mass is 9.93. The molecule has 2 amide bonds. The third-order valence-corrected chi connectivity index (χ3v) is 8.59. The second-order valence-corrected chi connectivity index (χ2v) is 12.1. The van der Waals surface area contributed by atoms with Crippen molar-refractivity contribution in [2.45, 2.75) is 91.5 Å². The summed E-state index contributed by atoms with van der Waals surface area (Å²) < 4.78 is 5.16. The van der Waals surface area contributed by atoms with E-state index in [-0.39, 0.29) is 53.8 Å². The fraction of sp³-hybridized carbons (Fsp3) is 0.613. The van der Waals surface area contributed by atoms with E-state index in [1.165, 1.54) is 11.3 Å². The molecule has 0 aliphatic heterocycles. The van der Waals surface area contributed by atoms with E-state index in [1.54, 1.807) is 31.2 Å². The molecule has 2 rings (SSSR count). The SMILES string of the molecule is CCOC(=O)[C@@H](C)C[C@H](Cc1ccccc1)NC(=O)c1csc([C@H](O)CC(C(C)C)N(C)C(=O)[C@@H](N)[C@@H](C)CC)n1. The molecule has 4 N–H and O–H groups in total. The Balaban J connectivity index is 2.13. The maximum Gasteiger partial charge on any atom is 0.308 e. The zero-order valence-corrected chi connectivity index (χ0v) is 26.3. The number of esters is 1. The van der Waals surface area contributed by atoms with Crippen LogP contribution in [-0.4, -0.2) is 64.6 Å². The van der Waals surface area contributed by atoms with Crippen molar-refractivity contribution in [3.8, 4) is 0 Å². The van der Waals surface area contributed by atoms with Gasteiger partial charge in [-0.2, -0.15) is 0 Å². The molecular formula is C31H48N4O5S. The van der Waals surface area contributed by atoms with Gasteiger partial charge in [0.1, 0.15) is 16.8 Å². The monoisotopic (exact) mass is 588 g/mol. The van der Waals surface area contributed by atoms with Gasteiger partial charge in [-0.3, -0.25) is 14.4 Å². The molecule has 6 atom stereocenters. The number of aromatic nitrogens is 1. The molecule has 0 saturated heterocycles. The van der Waals surface area contributed by atoms with Crippen molar-refractivity contribution in [1.82, 2.24) is 15.2 Å². The molecule has 41 heavy (non-hydrogen) atoms. The zero-order chi connectivity index (χ0) is 30.7. The highest BCUT2D eigenvalue weighted by Gasteiger charge is 2.32. The fourth-order valence-electron chi connectivity index (χ4n) is 4.81. The number of aliphatic hydroxyl groups is 1. The van der Waals surface area contributed by atoms with Crippen LogP contribution in [0.15, 0.2) is 35.7 Å². The summed E-state index contributed by atoms with van der Waals surface area (Å²) >= 11 is 1.21. The number of carbonyl (C=O) groups excluding carboxylic acids is 3. The molecule has 0 radical (unpaired) electrons. The van der Waals surface area contributed by atoms with E-state index < -0.39 is 18.1 Å². The summed E-state index contributed by atoms with van der Waals surface area (Å²) in [6.45, 7) is 11.8. The van der Waals surface area contributed by atoms with Gasteiger partial charge in [0.25, 0.3) is 5.91 Å². The quantitative estimate of drug-likeness (QED) is 0.248. The van der Waals surface area contributed by atoms with Crippen molar-refractivity contribution in [3.63, 3.8) is 0 Å². The third kappa shape index (κ3) is 10.2. The average molecular weight is 589 g/mol. The number of benzene rings is 1. The first kappa shape index (κ1) is 34.4. The number of carbonyl (C=O) groups is 3. The third-order valence-electron chi connectivity index (χ3n) is 7.65. The Hall–Kier alpha value is -2.82. The molecule has 1 aromatic carbocycles. The minimum atomic E-state index is -0.951. The average Bonchev–Trinajstić information content (AvgIpc) is 3.45. The van der Waals surface area contributed by atoms with Gasteiger partial charge < -0.3 is 25.8 Å². The Labute approximate surface area is 248 Å². The number of rotatable bonds is 16. The number of nitrogens with one attached hydrogen (secondary N) is 1. The Morgan fingerprint density at radius 3 is 2.34 bits per heavy atom. The molecule has 1 unspecified atom stereocenters. The summed E-state index contributed by atoms with van der Waals surface area (Å²) in [7, 11) is 1.73. The highest BCUT2D eigenvalue weighted by atomic mass is 32.1. The number of aliphatic hydroxyl groups excluding tert-OH is 1. The Morgan fingerprint density at radius 1 is 1.10 bits per heavy atom. The van der Waals surface area contributed by atoms with E-state index in [2.05, 4.69) is 10.3 Å². The molecule has 0 spiro atoms. The number of hydrogen-bond donors (Lipinski definition) is 3. The molecule has 1 heterocycles. The van der Waals surface area contributed by atoms with Gasteiger partial charge in [-0.25, -0.2) is 4.98 Å². The second-order valence-electron chi connectivity index (χ2n) is 11.2. The number of likely N-dealkylation sites (N-methyl/N-ethyl adjacent to an activating group) is 1. The lowest BCUT2D eigenvalue weighted by molar-refractivity contribution is -0.147. The van der Waals surface area contributed by atoms with Crippen molar-refractivity contribution in [1.29, 1.82) is 0 Å². The summed E-state index contributed by atoms with van der Waals surface area (Å²) in [6.07, 6.45) is 1.08. The summed E-state index contributed by atoms with van der Waals surface area (Å²) in [5.74, 6) is -1.08. The van der Waals surface area contributed by atoms with E-state index >= 15 is 0 Å². The first-order chi connectivity index (χ1) is 19.4. The van der Waals surface area contributed by atoms with Gasteiger partial charge >= 0.3 is 5.97 Å². The van der Waals surface area contributed by atoms with E-state index in [1.807, 2.05) is 58.0 Å².